The molecule has 0 aliphatic heterocycles. The van der Waals surface area contributed by atoms with E-state index in [1.54, 1.807) is 35.4 Å². The predicted molar refractivity (Wildman–Crippen MR) is 112 cm³/mol. The summed E-state index contributed by atoms with van der Waals surface area (Å²) in [7, 11) is 0. The smallest absolute Gasteiger partial charge is 0.267 e. The summed E-state index contributed by atoms with van der Waals surface area (Å²) in [6.45, 7) is 0.216. The summed E-state index contributed by atoms with van der Waals surface area (Å²) in [5, 5.41) is 1.24. The number of pyridine rings is 1. The number of amides is 1. The Balaban J connectivity index is 1.58. The van der Waals surface area contributed by atoms with Crippen LogP contribution in [0.3, 0.4) is 0 Å². The zero-order chi connectivity index (χ0) is 19.3. The van der Waals surface area contributed by atoms with E-state index in [1.807, 2.05) is 42.5 Å². The van der Waals surface area contributed by atoms with E-state index in [-0.39, 0.29) is 12.5 Å². The number of nitrogens with zero attached hydrogens (tertiary/aromatic N) is 3. The van der Waals surface area contributed by atoms with Gasteiger partial charge in [0.05, 0.1) is 22.5 Å². The Bertz CT molecular complexity index is 1050. The lowest BCUT2D eigenvalue weighted by molar-refractivity contribution is -0.120. The van der Waals surface area contributed by atoms with Gasteiger partial charge in [-0.05, 0) is 48.5 Å². The molecule has 4 rings (SSSR count). The SMILES string of the molecule is O=C(COc1ccc(Cl)cc1)N(Cc1ccccn1)c1nc2ccccc2s1. The van der Waals surface area contributed by atoms with Crippen molar-refractivity contribution in [1.82, 2.24) is 9.97 Å². The van der Waals surface area contributed by atoms with Crippen LogP contribution < -0.4 is 9.64 Å². The van der Waals surface area contributed by atoms with Crippen LogP contribution in [0.4, 0.5) is 5.13 Å². The van der Waals surface area contributed by atoms with Crippen molar-refractivity contribution in [3.8, 4) is 5.75 Å². The van der Waals surface area contributed by atoms with E-state index in [4.69, 9.17) is 16.3 Å². The first-order valence-electron chi connectivity index (χ1n) is 8.63. The molecular formula is C21H16ClN3O2S. The topological polar surface area (TPSA) is 55.3 Å². The summed E-state index contributed by atoms with van der Waals surface area (Å²) in [5.74, 6) is 0.388. The van der Waals surface area contributed by atoms with Crippen molar-refractivity contribution in [2.75, 3.05) is 11.5 Å². The minimum absolute atomic E-state index is 0.107. The number of thiazole rings is 1. The average Bonchev–Trinajstić information content (AvgIpc) is 3.16. The van der Waals surface area contributed by atoms with Crippen LogP contribution >= 0.6 is 22.9 Å². The maximum atomic E-state index is 13.0. The normalized spacial score (nSPS) is 10.8. The van der Waals surface area contributed by atoms with Gasteiger partial charge < -0.3 is 4.74 Å². The van der Waals surface area contributed by atoms with Crippen LogP contribution in [-0.4, -0.2) is 22.5 Å². The number of ether oxygens (including phenoxy) is 1. The van der Waals surface area contributed by atoms with Crippen molar-refractivity contribution in [3.63, 3.8) is 0 Å². The number of para-hydroxylation sites is 1. The highest BCUT2D eigenvalue weighted by molar-refractivity contribution is 7.22. The van der Waals surface area contributed by atoms with Gasteiger partial charge in [0.25, 0.3) is 5.91 Å². The molecule has 0 fully saturated rings. The number of carbonyl (C=O) groups is 1. The van der Waals surface area contributed by atoms with Crippen LogP contribution in [0.5, 0.6) is 5.75 Å². The second-order valence-corrected chi connectivity index (χ2v) is 7.45. The minimum Gasteiger partial charge on any atom is -0.484 e. The maximum absolute atomic E-state index is 13.0. The molecule has 0 unspecified atom stereocenters. The fourth-order valence-corrected chi connectivity index (χ4v) is 3.75. The number of benzene rings is 2. The van der Waals surface area contributed by atoms with Crippen molar-refractivity contribution < 1.29 is 9.53 Å². The minimum atomic E-state index is -0.195. The molecule has 1 amide bonds. The molecule has 140 valence electrons. The lowest BCUT2D eigenvalue weighted by atomic mass is 10.3. The average molecular weight is 410 g/mol. The second-order valence-electron chi connectivity index (χ2n) is 6.01. The molecule has 0 aliphatic rings. The van der Waals surface area contributed by atoms with Crippen LogP contribution in [0.25, 0.3) is 10.2 Å². The number of rotatable bonds is 6. The van der Waals surface area contributed by atoms with E-state index >= 15 is 0 Å². The number of hydrogen-bond acceptors (Lipinski definition) is 5. The van der Waals surface area contributed by atoms with Crippen LogP contribution in [0, 0.1) is 0 Å². The molecule has 5 nitrogen and oxygen atoms in total. The molecule has 2 aromatic heterocycles. The Morgan fingerprint density at radius 3 is 2.57 bits per heavy atom. The molecule has 0 spiro atoms. The summed E-state index contributed by atoms with van der Waals surface area (Å²) >= 11 is 7.36. The predicted octanol–water partition coefficient (Wildman–Crippen LogP) is 4.96. The Morgan fingerprint density at radius 1 is 1.04 bits per heavy atom. The molecule has 0 saturated heterocycles. The van der Waals surface area contributed by atoms with E-state index in [1.165, 1.54) is 11.3 Å². The Morgan fingerprint density at radius 2 is 1.82 bits per heavy atom. The van der Waals surface area contributed by atoms with Crippen molar-refractivity contribution in [3.05, 3.63) is 83.6 Å². The molecule has 7 heteroatoms. The standard InChI is InChI=1S/C21H16ClN3O2S/c22-15-8-10-17(11-9-15)27-14-20(26)25(13-16-5-3-4-12-23-16)21-24-18-6-1-2-7-19(18)28-21/h1-12H,13-14H2. The third-order valence-corrected chi connectivity index (χ3v) is 5.35. The van der Waals surface area contributed by atoms with E-state index < -0.39 is 0 Å². The number of carbonyl (C=O) groups excluding carboxylic acids is 1. The van der Waals surface area contributed by atoms with Gasteiger partial charge in [0, 0.05) is 11.2 Å². The van der Waals surface area contributed by atoms with Crippen LogP contribution in [0.15, 0.2) is 72.9 Å². The van der Waals surface area contributed by atoms with Gasteiger partial charge in [0.15, 0.2) is 11.7 Å². The maximum Gasteiger partial charge on any atom is 0.267 e. The summed E-state index contributed by atoms with van der Waals surface area (Å²) in [4.78, 5) is 23.5. The van der Waals surface area contributed by atoms with Crippen molar-refractivity contribution in [2.24, 2.45) is 0 Å². The summed E-state index contributed by atoms with van der Waals surface area (Å²) in [6, 6.07) is 20.3. The molecule has 2 aromatic carbocycles. The molecule has 4 aromatic rings. The molecule has 0 bridgehead atoms. The first-order chi connectivity index (χ1) is 13.7. The van der Waals surface area contributed by atoms with Gasteiger partial charge in [-0.1, -0.05) is 41.1 Å². The van der Waals surface area contributed by atoms with Gasteiger partial charge in [-0.25, -0.2) is 4.98 Å². The van der Waals surface area contributed by atoms with Gasteiger partial charge >= 0.3 is 0 Å². The molecule has 0 saturated carbocycles. The monoisotopic (exact) mass is 409 g/mol. The first-order valence-corrected chi connectivity index (χ1v) is 9.83. The van der Waals surface area contributed by atoms with E-state index in [2.05, 4.69) is 9.97 Å². The molecule has 0 N–H and O–H groups in total. The number of aromatic nitrogens is 2. The quantitative estimate of drug-likeness (QED) is 0.451. The van der Waals surface area contributed by atoms with Crippen LogP contribution in [0.1, 0.15) is 5.69 Å². The highest BCUT2D eigenvalue weighted by Gasteiger charge is 2.21. The molecule has 0 aliphatic carbocycles. The van der Waals surface area contributed by atoms with Crippen LogP contribution in [-0.2, 0) is 11.3 Å². The first kappa shape index (κ1) is 18.4. The van der Waals surface area contributed by atoms with Crippen molar-refractivity contribution >= 4 is 44.2 Å². The van der Waals surface area contributed by atoms with Crippen molar-refractivity contribution in [2.45, 2.75) is 6.54 Å². The number of hydrogen-bond donors (Lipinski definition) is 0. The fourth-order valence-electron chi connectivity index (χ4n) is 2.65. The largest absolute Gasteiger partial charge is 0.484 e. The third-order valence-electron chi connectivity index (χ3n) is 4.04. The van der Waals surface area contributed by atoms with Gasteiger partial charge in [0.1, 0.15) is 5.75 Å². The van der Waals surface area contributed by atoms with Crippen LogP contribution in [0.2, 0.25) is 5.02 Å². The number of anilines is 1. The number of halogens is 1. The van der Waals surface area contributed by atoms with E-state index in [0.717, 1.165) is 15.9 Å². The molecule has 0 radical (unpaired) electrons. The Labute approximate surface area is 171 Å². The summed E-state index contributed by atoms with van der Waals surface area (Å²) in [6.07, 6.45) is 1.71. The fraction of sp³-hybridized carbons (Fsp3) is 0.0952. The summed E-state index contributed by atoms with van der Waals surface area (Å²) in [5.41, 5.74) is 1.64. The van der Waals surface area contributed by atoms with Gasteiger partial charge in [-0.2, -0.15) is 0 Å². The van der Waals surface area contributed by atoms with E-state index in [0.29, 0.717) is 22.4 Å². The highest BCUT2D eigenvalue weighted by atomic mass is 35.5. The molecule has 0 atom stereocenters. The van der Waals surface area contributed by atoms with Crippen molar-refractivity contribution in [1.29, 1.82) is 0 Å². The second kappa shape index (κ2) is 8.37. The zero-order valence-electron chi connectivity index (χ0n) is 14.8. The molecule has 28 heavy (non-hydrogen) atoms. The third kappa shape index (κ3) is 4.30. The number of fused-ring (bicyclic) bond motifs is 1. The van der Waals surface area contributed by atoms with Gasteiger partial charge in [-0.15, -0.1) is 0 Å². The van der Waals surface area contributed by atoms with Gasteiger partial charge in [-0.3, -0.25) is 14.7 Å². The lowest BCUT2D eigenvalue weighted by Crippen LogP contribution is -2.34. The van der Waals surface area contributed by atoms with E-state index in [9.17, 15) is 4.79 Å². The molecule has 2 heterocycles. The lowest BCUT2D eigenvalue weighted by Gasteiger charge is -2.19. The summed E-state index contributed by atoms with van der Waals surface area (Å²) < 4.78 is 6.67. The highest BCUT2D eigenvalue weighted by Crippen LogP contribution is 2.29. The zero-order valence-corrected chi connectivity index (χ0v) is 16.4. The Hall–Kier alpha value is -2.96. The Kier molecular flexibility index (Phi) is 5.50. The molecular weight excluding hydrogens is 394 g/mol. The van der Waals surface area contributed by atoms with Gasteiger partial charge in [0.2, 0.25) is 0 Å².